The number of halogens is 1. The van der Waals surface area contributed by atoms with Crippen molar-refractivity contribution in [1.29, 1.82) is 0 Å². The fourth-order valence-corrected chi connectivity index (χ4v) is 2.83. The Morgan fingerprint density at radius 2 is 1.59 bits per heavy atom. The predicted octanol–water partition coefficient (Wildman–Crippen LogP) is 4.46. The summed E-state index contributed by atoms with van der Waals surface area (Å²) in [6.07, 6.45) is 0. The number of aryl methyl sites for hydroxylation is 2. The van der Waals surface area contributed by atoms with E-state index in [1.807, 2.05) is 32.0 Å². The fourth-order valence-electron chi connectivity index (χ4n) is 2.83. The molecule has 0 spiro atoms. The van der Waals surface area contributed by atoms with Gasteiger partial charge in [-0.05, 0) is 54.8 Å². The Balaban J connectivity index is 1.91. The zero-order chi connectivity index (χ0) is 19.6. The number of carbonyl (C=O) groups excluding carboxylic acids is 2. The summed E-state index contributed by atoms with van der Waals surface area (Å²) in [6, 6.07) is 16.7. The molecule has 3 aromatic carbocycles. The van der Waals surface area contributed by atoms with Crippen LogP contribution >= 0.6 is 0 Å². The zero-order valence-electron chi connectivity index (χ0n) is 15.0. The third kappa shape index (κ3) is 3.87. The molecule has 0 saturated heterocycles. The Morgan fingerprint density at radius 3 is 2.22 bits per heavy atom. The highest BCUT2D eigenvalue weighted by Crippen LogP contribution is 2.25. The van der Waals surface area contributed by atoms with Gasteiger partial charge >= 0.3 is 0 Å². The molecular weight excluding hydrogens is 343 g/mol. The van der Waals surface area contributed by atoms with E-state index in [1.165, 1.54) is 6.07 Å². The molecule has 0 aliphatic rings. The van der Waals surface area contributed by atoms with Gasteiger partial charge in [-0.1, -0.05) is 36.4 Å². The molecule has 0 aliphatic carbocycles. The van der Waals surface area contributed by atoms with E-state index in [-0.39, 0.29) is 11.1 Å². The number of rotatable bonds is 4. The van der Waals surface area contributed by atoms with Gasteiger partial charge in [-0.3, -0.25) is 9.59 Å². The van der Waals surface area contributed by atoms with Crippen molar-refractivity contribution in [3.8, 4) is 11.1 Å². The monoisotopic (exact) mass is 362 g/mol. The average molecular weight is 362 g/mol. The number of benzene rings is 3. The van der Waals surface area contributed by atoms with Crippen LogP contribution in [0.3, 0.4) is 0 Å². The lowest BCUT2D eigenvalue weighted by atomic mass is 10.0. The van der Waals surface area contributed by atoms with Gasteiger partial charge in [-0.25, -0.2) is 4.39 Å². The Hall–Kier alpha value is -3.47. The largest absolute Gasteiger partial charge is 0.366 e. The van der Waals surface area contributed by atoms with Crippen molar-refractivity contribution in [1.82, 2.24) is 0 Å². The number of nitrogens with one attached hydrogen (secondary N) is 1. The first kappa shape index (κ1) is 18.3. The van der Waals surface area contributed by atoms with Crippen LogP contribution in [0.4, 0.5) is 10.1 Å². The van der Waals surface area contributed by atoms with Crippen molar-refractivity contribution in [2.45, 2.75) is 13.8 Å². The van der Waals surface area contributed by atoms with Gasteiger partial charge in [0.05, 0.1) is 11.3 Å². The smallest absolute Gasteiger partial charge is 0.255 e. The van der Waals surface area contributed by atoms with E-state index in [9.17, 15) is 14.0 Å². The lowest BCUT2D eigenvalue weighted by Crippen LogP contribution is -2.19. The number of anilines is 1. The van der Waals surface area contributed by atoms with E-state index in [2.05, 4.69) is 5.32 Å². The summed E-state index contributed by atoms with van der Waals surface area (Å²) in [7, 11) is 0. The molecule has 0 bridgehead atoms. The molecule has 0 radical (unpaired) electrons. The highest BCUT2D eigenvalue weighted by molar-refractivity contribution is 6.09. The third-order valence-corrected chi connectivity index (χ3v) is 4.46. The summed E-state index contributed by atoms with van der Waals surface area (Å²) < 4.78 is 14.5. The highest BCUT2D eigenvalue weighted by atomic mass is 19.1. The summed E-state index contributed by atoms with van der Waals surface area (Å²) in [5.74, 6) is -1.65. The summed E-state index contributed by atoms with van der Waals surface area (Å²) >= 11 is 0. The van der Waals surface area contributed by atoms with Crippen molar-refractivity contribution >= 4 is 17.5 Å². The molecule has 0 aliphatic heterocycles. The molecule has 2 amide bonds. The number of amides is 2. The summed E-state index contributed by atoms with van der Waals surface area (Å²) in [5.41, 5.74) is 9.02. The van der Waals surface area contributed by atoms with E-state index >= 15 is 0 Å². The van der Waals surface area contributed by atoms with Crippen molar-refractivity contribution in [2.75, 3.05) is 5.32 Å². The number of nitrogens with two attached hydrogens (primary N) is 1. The van der Waals surface area contributed by atoms with Crippen molar-refractivity contribution < 1.29 is 14.0 Å². The van der Waals surface area contributed by atoms with Crippen LogP contribution in [0.1, 0.15) is 31.8 Å². The lowest BCUT2D eigenvalue weighted by molar-refractivity contribution is 0.100. The van der Waals surface area contributed by atoms with Crippen LogP contribution in [0, 0.1) is 19.7 Å². The second kappa shape index (κ2) is 7.41. The first-order valence-corrected chi connectivity index (χ1v) is 8.44. The van der Waals surface area contributed by atoms with Crippen molar-refractivity contribution in [3.05, 3.63) is 88.7 Å². The molecule has 3 rings (SSSR count). The fraction of sp³-hybridized carbons (Fsp3) is 0.0909. The van der Waals surface area contributed by atoms with Crippen LogP contribution < -0.4 is 11.1 Å². The Labute approximate surface area is 156 Å². The van der Waals surface area contributed by atoms with Gasteiger partial charge in [0, 0.05) is 11.1 Å². The predicted molar refractivity (Wildman–Crippen MR) is 104 cm³/mol. The lowest BCUT2D eigenvalue weighted by Gasteiger charge is -2.13. The molecule has 0 saturated carbocycles. The highest BCUT2D eigenvalue weighted by Gasteiger charge is 2.15. The zero-order valence-corrected chi connectivity index (χ0v) is 15.0. The Bertz CT molecular complexity index is 1030. The third-order valence-electron chi connectivity index (χ3n) is 4.46. The van der Waals surface area contributed by atoms with Gasteiger partial charge in [0.15, 0.2) is 0 Å². The quantitative estimate of drug-likeness (QED) is 0.719. The first-order valence-electron chi connectivity index (χ1n) is 8.44. The molecule has 0 unspecified atom stereocenters. The average Bonchev–Trinajstić information content (AvgIpc) is 2.64. The van der Waals surface area contributed by atoms with E-state index in [0.717, 1.165) is 16.7 Å². The van der Waals surface area contributed by atoms with Gasteiger partial charge in [-0.15, -0.1) is 0 Å². The van der Waals surface area contributed by atoms with Crippen molar-refractivity contribution in [2.24, 2.45) is 5.73 Å². The van der Waals surface area contributed by atoms with Gasteiger partial charge in [0.1, 0.15) is 5.82 Å². The number of hydrogen-bond donors (Lipinski definition) is 2. The maximum Gasteiger partial charge on any atom is 0.255 e. The normalized spacial score (nSPS) is 10.5. The molecular formula is C22H19FN2O2. The molecule has 5 heteroatoms. The van der Waals surface area contributed by atoms with Crippen LogP contribution in [-0.4, -0.2) is 11.8 Å². The van der Waals surface area contributed by atoms with E-state index in [1.54, 1.807) is 36.4 Å². The van der Waals surface area contributed by atoms with Crippen LogP contribution in [-0.2, 0) is 0 Å². The van der Waals surface area contributed by atoms with E-state index in [4.69, 9.17) is 5.73 Å². The number of primary amides is 1. The summed E-state index contributed by atoms with van der Waals surface area (Å²) in [4.78, 5) is 24.2. The maximum absolute atomic E-state index is 14.5. The standard InChI is InChI=1S/C22H19FN2O2/c1-13-10-18(21(24)26)20(11-14(13)2)25-22(27)16-8-9-17(19(23)12-16)15-6-4-3-5-7-15/h3-12H,1-2H3,(H2,24,26)(H,25,27). The van der Waals surface area contributed by atoms with E-state index < -0.39 is 17.6 Å². The van der Waals surface area contributed by atoms with Gasteiger partial charge in [-0.2, -0.15) is 0 Å². The molecule has 27 heavy (non-hydrogen) atoms. The number of carbonyl (C=O) groups is 2. The molecule has 3 aromatic rings. The second-order valence-corrected chi connectivity index (χ2v) is 6.36. The molecule has 3 N–H and O–H groups in total. The topological polar surface area (TPSA) is 72.2 Å². The van der Waals surface area contributed by atoms with Crippen LogP contribution in [0.15, 0.2) is 60.7 Å². The van der Waals surface area contributed by atoms with Crippen molar-refractivity contribution in [3.63, 3.8) is 0 Å². The minimum absolute atomic E-state index is 0.154. The SMILES string of the molecule is Cc1cc(NC(=O)c2ccc(-c3ccccc3)c(F)c2)c(C(N)=O)cc1C. The minimum atomic E-state index is -0.640. The van der Waals surface area contributed by atoms with Crippen LogP contribution in [0.2, 0.25) is 0 Å². The summed E-state index contributed by atoms with van der Waals surface area (Å²) in [5, 5.41) is 2.66. The molecule has 0 aromatic heterocycles. The van der Waals surface area contributed by atoms with Gasteiger partial charge in [0.2, 0.25) is 0 Å². The minimum Gasteiger partial charge on any atom is -0.366 e. The summed E-state index contributed by atoms with van der Waals surface area (Å²) in [6.45, 7) is 3.72. The number of hydrogen-bond acceptors (Lipinski definition) is 2. The maximum atomic E-state index is 14.5. The molecule has 0 atom stereocenters. The second-order valence-electron chi connectivity index (χ2n) is 6.36. The molecule has 0 fully saturated rings. The first-order chi connectivity index (χ1) is 12.9. The van der Waals surface area contributed by atoms with Gasteiger partial charge < -0.3 is 11.1 Å². The van der Waals surface area contributed by atoms with Gasteiger partial charge in [0.25, 0.3) is 11.8 Å². The Kier molecular flexibility index (Phi) is 5.03. The van der Waals surface area contributed by atoms with Crippen LogP contribution in [0.25, 0.3) is 11.1 Å². The van der Waals surface area contributed by atoms with E-state index in [0.29, 0.717) is 11.3 Å². The Morgan fingerprint density at radius 1 is 0.926 bits per heavy atom. The molecule has 0 heterocycles. The molecule has 136 valence electrons. The van der Waals surface area contributed by atoms with Crippen LogP contribution in [0.5, 0.6) is 0 Å². The molecule has 4 nitrogen and oxygen atoms in total.